The van der Waals surface area contributed by atoms with E-state index in [-0.39, 0.29) is 23.9 Å². The van der Waals surface area contributed by atoms with Crippen LogP contribution in [-0.4, -0.2) is 103 Å². The average Bonchev–Trinajstić information content (AvgIpc) is 3.62. The molecule has 1 amide bonds. The van der Waals surface area contributed by atoms with Gasteiger partial charge in [0.2, 0.25) is 0 Å². The average molecular weight is 667 g/mol. The molecule has 1 saturated heterocycles. The second kappa shape index (κ2) is 15.4. The van der Waals surface area contributed by atoms with Gasteiger partial charge in [0.15, 0.2) is 5.82 Å². The minimum Gasteiger partial charge on any atom is -0.496 e. The molecule has 0 bridgehead atoms. The quantitative estimate of drug-likeness (QED) is 0.0735. The first kappa shape index (κ1) is 34.6. The van der Waals surface area contributed by atoms with Gasteiger partial charge in [-0.15, -0.1) is 11.8 Å². The maximum atomic E-state index is 12.7. The zero-order chi connectivity index (χ0) is 33.4. The molecule has 1 fully saturated rings. The van der Waals surface area contributed by atoms with E-state index in [9.17, 15) is 23.1 Å². The van der Waals surface area contributed by atoms with Crippen LogP contribution in [-0.2, 0) is 20.0 Å². The topological polar surface area (TPSA) is 142 Å². The van der Waals surface area contributed by atoms with Crippen LogP contribution in [0.15, 0.2) is 29.6 Å². The Morgan fingerprint density at radius 1 is 1.24 bits per heavy atom. The summed E-state index contributed by atoms with van der Waals surface area (Å²) in [5.41, 5.74) is 1.36. The number of fused-ring (bicyclic) bond motifs is 1. The molecule has 1 aliphatic rings. The number of aliphatic imine (C=N–C) groups is 1. The van der Waals surface area contributed by atoms with Crippen molar-refractivity contribution in [1.29, 1.82) is 0 Å². The van der Waals surface area contributed by atoms with Crippen molar-refractivity contribution in [2.45, 2.75) is 36.8 Å². The van der Waals surface area contributed by atoms with Crippen molar-refractivity contribution in [1.82, 2.24) is 24.8 Å². The van der Waals surface area contributed by atoms with Gasteiger partial charge in [0.1, 0.15) is 41.6 Å². The van der Waals surface area contributed by atoms with E-state index < -0.39 is 30.5 Å². The number of carbonyl (C=O) groups is 1. The van der Waals surface area contributed by atoms with E-state index in [1.165, 1.54) is 35.9 Å². The highest BCUT2D eigenvalue weighted by Gasteiger charge is 2.39. The van der Waals surface area contributed by atoms with E-state index in [2.05, 4.69) is 26.9 Å². The summed E-state index contributed by atoms with van der Waals surface area (Å²) in [5, 5.41) is 11.9. The number of methoxy groups -OCH3 is 3. The van der Waals surface area contributed by atoms with Gasteiger partial charge in [-0.1, -0.05) is 0 Å². The number of thioether (sulfide) groups is 1. The van der Waals surface area contributed by atoms with E-state index >= 15 is 0 Å². The number of rotatable bonds is 12. The number of hydrogen-bond donors (Lipinski definition) is 2. The first-order chi connectivity index (χ1) is 22.0. The van der Waals surface area contributed by atoms with Crippen LogP contribution in [0.5, 0.6) is 17.2 Å². The molecule has 0 saturated carbocycles. The number of aliphatic hydroxyl groups excluding tert-OH is 1. The molecule has 248 valence electrons. The number of halogens is 3. The molecule has 1 unspecified atom stereocenters. The van der Waals surface area contributed by atoms with Gasteiger partial charge < -0.3 is 38.3 Å². The first-order valence-electron chi connectivity index (χ1n) is 13.7. The van der Waals surface area contributed by atoms with Crippen LogP contribution in [0.25, 0.3) is 11.0 Å². The Hall–Kier alpha value is -4.24. The van der Waals surface area contributed by atoms with Crippen molar-refractivity contribution in [3.63, 3.8) is 0 Å². The van der Waals surface area contributed by atoms with Gasteiger partial charge in [0.25, 0.3) is 0 Å². The molecule has 0 spiro atoms. The zero-order valence-electron chi connectivity index (χ0n) is 25.6. The smallest absolute Gasteiger partial charge is 0.472 e. The molecule has 0 aliphatic carbocycles. The van der Waals surface area contributed by atoms with Crippen molar-refractivity contribution >= 4 is 40.9 Å². The molecule has 13 nitrogen and oxygen atoms in total. The van der Waals surface area contributed by atoms with Gasteiger partial charge in [0, 0.05) is 56.2 Å². The number of ether oxygens (including phenoxy) is 5. The minimum atomic E-state index is -5.09. The molecule has 0 radical (unpaired) electrons. The van der Waals surface area contributed by atoms with Gasteiger partial charge >= 0.3 is 12.1 Å². The standard InChI is InChI=1S/C29H33F3N6O7S/c1-37(2)15-36-26-25-17(6-7-33-28(40)29(30,31)32)11-38(27(25)35-14-34-26)24-10-22(23(12-39)45-24)44-16-46-13-19-20(42-4)8-18(41-3)9-21(19)43-5/h8-9,11,14-15,22-24,39H,10,12-13,16H2,1-5H3,(H,33,40)/t22?,23-,24-/m1/s1. The highest BCUT2D eigenvalue weighted by atomic mass is 32.2. The molecular weight excluding hydrogens is 633 g/mol. The fourth-order valence-corrected chi connectivity index (χ4v) is 5.43. The largest absolute Gasteiger partial charge is 0.496 e. The Balaban J connectivity index is 1.54. The Bertz CT molecular complexity index is 1600. The maximum absolute atomic E-state index is 12.7. The zero-order valence-corrected chi connectivity index (χ0v) is 26.4. The highest BCUT2D eigenvalue weighted by Crippen LogP contribution is 2.39. The Labute approximate surface area is 267 Å². The second-order valence-corrected chi connectivity index (χ2v) is 10.9. The molecule has 17 heteroatoms. The third kappa shape index (κ3) is 8.12. The number of aliphatic hydroxyl groups is 1. The third-order valence-corrected chi connectivity index (χ3v) is 7.53. The normalized spacial score (nSPS) is 18.0. The van der Waals surface area contributed by atoms with Crippen molar-refractivity contribution in [2.75, 3.05) is 48.0 Å². The van der Waals surface area contributed by atoms with Crippen LogP contribution < -0.4 is 19.5 Å². The van der Waals surface area contributed by atoms with Crippen LogP contribution in [0.1, 0.15) is 23.8 Å². The van der Waals surface area contributed by atoms with Gasteiger partial charge in [-0.2, -0.15) is 13.2 Å². The number of nitrogens with one attached hydrogen (secondary N) is 1. The van der Waals surface area contributed by atoms with Crippen molar-refractivity contribution < 1.29 is 46.8 Å². The monoisotopic (exact) mass is 666 g/mol. The number of carbonyl (C=O) groups excluding carboxylic acids is 1. The summed E-state index contributed by atoms with van der Waals surface area (Å²) in [7, 11) is 8.18. The van der Waals surface area contributed by atoms with Crippen LogP contribution >= 0.6 is 11.8 Å². The number of benzene rings is 1. The van der Waals surface area contributed by atoms with Gasteiger partial charge in [-0.3, -0.25) is 10.1 Å². The number of aromatic nitrogens is 3. The molecule has 2 aromatic heterocycles. The minimum absolute atomic E-state index is 0.203. The Morgan fingerprint density at radius 3 is 2.57 bits per heavy atom. The predicted octanol–water partition coefficient (Wildman–Crippen LogP) is 3.22. The Morgan fingerprint density at radius 2 is 1.96 bits per heavy atom. The van der Waals surface area contributed by atoms with Gasteiger partial charge in [-0.25, -0.2) is 15.0 Å². The van der Waals surface area contributed by atoms with E-state index in [0.717, 1.165) is 5.56 Å². The fraction of sp³-hybridized carbons (Fsp3) is 0.448. The molecule has 1 aliphatic heterocycles. The molecule has 46 heavy (non-hydrogen) atoms. The maximum Gasteiger partial charge on any atom is 0.472 e. The van der Waals surface area contributed by atoms with Crippen molar-refractivity contribution in [2.24, 2.45) is 4.99 Å². The fourth-order valence-electron chi connectivity index (χ4n) is 4.59. The van der Waals surface area contributed by atoms with Crippen LogP contribution in [0, 0.1) is 12.0 Å². The molecule has 4 rings (SSSR count). The number of hydrogen-bond acceptors (Lipinski definition) is 11. The summed E-state index contributed by atoms with van der Waals surface area (Å²) in [6, 6.07) is 5.59. The van der Waals surface area contributed by atoms with Crippen LogP contribution in [0.4, 0.5) is 19.0 Å². The summed E-state index contributed by atoms with van der Waals surface area (Å²) >= 11 is 1.46. The summed E-state index contributed by atoms with van der Waals surface area (Å²) in [4.78, 5) is 25.9. The lowest BCUT2D eigenvalue weighted by Gasteiger charge is -2.17. The first-order valence-corrected chi connectivity index (χ1v) is 14.8. The van der Waals surface area contributed by atoms with Gasteiger partial charge in [0.05, 0.1) is 57.3 Å². The summed E-state index contributed by atoms with van der Waals surface area (Å²) in [5.74, 6) is 3.11. The number of amides is 1. The SMILES string of the molecule is COc1cc(OC)c(CSCOC2C[C@H](n3cc(C#CNC(=O)C(F)(F)F)c4c(N=CN(C)C)ncnc43)O[C@@H]2CO)c(OC)c1. The lowest BCUT2D eigenvalue weighted by Crippen LogP contribution is -2.33. The number of nitrogens with zero attached hydrogens (tertiary/aromatic N) is 5. The molecule has 3 atom stereocenters. The summed E-state index contributed by atoms with van der Waals surface area (Å²) in [6.07, 6.45) is -2.35. The van der Waals surface area contributed by atoms with E-state index in [1.807, 2.05) is 0 Å². The summed E-state index contributed by atoms with van der Waals surface area (Å²) in [6.45, 7) is -0.325. The molecule has 3 heterocycles. The number of alkyl halides is 3. The lowest BCUT2D eigenvalue weighted by atomic mass is 10.2. The van der Waals surface area contributed by atoms with E-state index in [4.69, 9.17) is 23.7 Å². The van der Waals surface area contributed by atoms with Gasteiger partial charge in [-0.05, 0) is 5.92 Å². The Kier molecular flexibility index (Phi) is 11.6. The van der Waals surface area contributed by atoms with E-state index in [1.54, 1.807) is 57.0 Å². The summed E-state index contributed by atoms with van der Waals surface area (Å²) < 4.78 is 68.2. The van der Waals surface area contributed by atoms with Crippen molar-refractivity contribution in [3.8, 4) is 29.2 Å². The molecular formula is C29H33F3N6O7S. The predicted molar refractivity (Wildman–Crippen MR) is 163 cm³/mol. The van der Waals surface area contributed by atoms with Crippen molar-refractivity contribution in [3.05, 3.63) is 35.8 Å². The highest BCUT2D eigenvalue weighted by molar-refractivity contribution is 7.98. The van der Waals surface area contributed by atoms with Crippen LogP contribution in [0.2, 0.25) is 0 Å². The lowest BCUT2D eigenvalue weighted by molar-refractivity contribution is -0.172. The molecule has 3 aromatic rings. The van der Waals surface area contributed by atoms with Crippen LogP contribution in [0.3, 0.4) is 0 Å². The third-order valence-electron chi connectivity index (χ3n) is 6.73. The van der Waals surface area contributed by atoms with E-state index in [0.29, 0.717) is 40.5 Å². The second-order valence-electron chi connectivity index (χ2n) is 9.99. The molecule has 1 aromatic carbocycles. The molecule has 2 N–H and O–H groups in total.